The molecular formula is C19H23N3O3S. The molecule has 1 aliphatic heterocycles. The van der Waals surface area contributed by atoms with Crippen molar-refractivity contribution in [3.63, 3.8) is 0 Å². The van der Waals surface area contributed by atoms with Crippen molar-refractivity contribution >= 4 is 22.4 Å². The summed E-state index contributed by atoms with van der Waals surface area (Å²) in [5.41, 5.74) is 7.76. The summed E-state index contributed by atoms with van der Waals surface area (Å²) in [5.74, 6) is 2.73. The van der Waals surface area contributed by atoms with Gasteiger partial charge in [0.05, 0.1) is 19.8 Å². The lowest BCUT2D eigenvalue weighted by Crippen LogP contribution is -2.23. The SMILES string of the molecule is NC(=NCCS(=O)Cc1ccccc1)Nc1ccc2c(c1)OCCCO2. The Labute approximate surface area is 155 Å². The summed E-state index contributed by atoms with van der Waals surface area (Å²) in [5, 5.41) is 3.03. The van der Waals surface area contributed by atoms with Crippen LogP contribution in [0, 0.1) is 0 Å². The molecule has 0 fully saturated rings. The van der Waals surface area contributed by atoms with Crippen LogP contribution in [0.1, 0.15) is 12.0 Å². The third-order valence-corrected chi connectivity index (χ3v) is 5.08. The Hall–Kier alpha value is -2.54. The van der Waals surface area contributed by atoms with Gasteiger partial charge in [0.15, 0.2) is 17.5 Å². The minimum atomic E-state index is -0.965. The number of aliphatic imine (C=N–C) groups is 1. The molecule has 26 heavy (non-hydrogen) atoms. The van der Waals surface area contributed by atoms with Crippen LogP contribution in [0.25, 0.3) is 0 Å². The minimum absolute atomic E-state index is 0.288. The number of rotatable bonds is 6. The summed E-state index contributed by atoms with van der Waals surface area (Å²) in [4.78, 5) is 4.25. The fourth-order valence-electron chi connectivity index (χ4n) is 2.53. The van der Waals surface area contributed by atoms with Crippen LogP contribution >= 0.6 is 0 Å². The highest BCUT2D eigenvalue weighted by molar-refractivity contribution is 7.84. The topological polar surface area (TPSA) is 85.9 Å². The normalized spacial score (nSPS) is 15.2. The number of guanidine groups is 1. The van der Waals surface area contributed by atoms with E-state index in [1.807, 2.05) is 48.5 Å². The highest BCUT2D eigenvalue weighted by atomic mass is 32.2. The Balaban J connectivity index is 1.49. The molecule has 3 rings (SSSR count). The van der Waals surface area contributed by atoms with E-state index in [0.717, 1.165) is 23.4 Å². The average Bonchev–Trinajstić information content (AvgIpc) is 2.87. The number of nitrogens with zero attached hydrogens (tertiary/aromatic N) is 1. The first kappa shape index (κ1) is 18.3. The van der Waals surface area contributed by atoms with Gasteiger partial charge in [0, 0.05) is 40.5 Å². The highest BCUT2D eigenvalue weighted by Crippen LogP contribution is 2.32. The van der Waals surface area contributed by atoms with Gasteiger partial charge in [-0.1, -0.05) is 30.3 Å². The molecule has 138 valence electrons. The van der Waals surface area contributed by atoms with Gasteiger partial charge in [-0.15, -0.1) is 0 Å². The zero-order chi connectivity index (χ0) is 18.2. The summed E-state index contributed by atoms with van der Waals surface area (Å²) < 4.78 is 23.3. The van der Waals surface area contributed by atoms with Gasteiger partial charge in [-0.2, -0.15) is 0 Å². The molecule has 6 nitrogen and oxygen atoms in total. The Bertz CT molecular complexity index is 781. The van der Waals surface area contributed by atoms with Gasteiger partial charge in [-0.3, -0.25) is 9.20 Å². The van der Waals surface area contributed by atoms with Crippen molar-refractivity contribution in [2.75, 3.05) is 30.8 Å². The molecule has 2 aromatic rings. The number of nitrogens with one attached hydrogen (secondary N) is 1. The summed E-state index contributed by atoms with van der Waals surface area (Å²) in [7, 11) is -0.965. The fraction of sp³-hybridized carbons (Fsp3) is 0.316. The van der Waals surface area contributed by atoms with Crippen LogP contribution in [0.5, 0.6) is 11.5 Å². The van der Waals surface area contributed by atoms with Gasteiger partial charge in [0.2, 0.25) is 0 Å². The third-order valence-electron chi connectivity index (χ3n) is 3.79. The fourth-order valence-corrected chi connectivity index (χ4v) is 3.53. The lowest BCUT2D eigenvalue weighted by atomic mass is 10.2. The van der Waals surface area contributed by atoms with Gasteiger partial charge in [0.1, 0.15) is 0 Å². The molecule has 1 heterocycles. The number of benzene rings is 2. The molecule has 1 atom stereocenters. The zero-order valence-corrected chi connectivity index (χ0v) is 15.3. The van der Waals surface area contributed by atoms with Crippen molar-refractivity contribution in [1.29, 1.82) is 0 Å². The van der Waals surface area contributed by atoms with Crippen molar-refractivity contribution in [3.05, 3.63) is 54.1 Å². The zero-order valence-electron chi connectivity index (χ0n) is 14.5. The van der Waals surface area contributed by atoms with Crippen molar-refractivity contribution < 1.29 is 13.7 Å². The maximum atomic E-state index is 12.1. The van der Waals surface area contributed by atoms with E-state index in [4.69, 9.17) is 15.2 Å². The van der Waals surface area contributed by atoms with Gasteiger partial charge < -0.3 is 20.5 Å². The van der Waals surface area contributed by atoms with Gasteiger partial charge in [-0.05, 0) is 17.7 Å². The van der Waals surface area contributed by atoms with E-state index in [9.17, 15) is 4.21 Å². The van der Waals surface area contributed by atoms with Crippen molar-refractivity contribution in [1.82, 2.24) is 0 Å². The maximum Gasteiger partial charge on any atom is 0.193 e. The van der Waals surface area contributed by atoms with Crippen LogP contribution < -0.4 is 20.5 Å². The molecule has 7 heteroatoms. The van der Waals surface area contributed by atoms with Gasteiger partial charge in [-0.25, -0.2) is 0 Å². The Kier molecular flexibility index (Phi) is 6.49. The molecule has 0 radical (unpaired) electrons. The number of fused-ring (bicyclic) bond motifs is 1. The van der Waals surface area contributed by atoms with Crippen LogP contribution in [0.2, 0.25) is 0 Å². The monoisotopic (exact) mass is 373 g/mol. The first-order valence-electron chi connectivity index (χ1n) is 8.56. The number of hydrogen-bond acceptors (Lipinski definition) is 4. The molecule has 0 spiro atoms. The van der Waals surface area contributed by atoms with Gasteiger partial charge in [0.25, 0.3) is 0 Å². The molecule has 0 aliphatic carbocycles. The largest absolute Gasteiger partial charge is 0.490 e. The molecule has 3 N–H and O–H groups in total. The molecule has 0 amide bonds. The van der Waals surface area contributed by atoms with Crippen LogP contribution in [-0.4, -0.2) is 35.7 Å². The second-order valence-electron chi connectivity index (χ2n) is 5.88. The number of anilines is 1. The molecule has 0 bridgehead atoms. The predicted octanol–water partition coefficient (Wildman–Crippen LogP) is 2.52. The van der Waals surface area contributed by atoms with Crippen molar-refractivity contribution in [2.45, 2.75) is 12.2 Å². The molecule has 1 aliphatic rings. The minimum Gasteiger partial charge on any atom is -0.490 e. The Morgan fingerprint density at radius 1 is 1.12 bits per heavy atom. The molecule has 1 unspecified atom stereocenters. The van der Waals surface area contributed by atoms with E-state index in [0.29, 0.717) is 37.0 Å². The number of ether oxygens (including phenoxy) is 2. The molecule has 2 aromatic carbocycles. The standard InChI is InChI=1S/C19H23N3O3S/c20-19(21-9-12-26(23)14-15-5-2-1-3-6-15)22-16-7-8-17-18(13-16)25-11-4-10-24-17/h1-3,5-8,13H,4,9-12,14H2,(H3,20,21,22). The maximum absolute atomic E-state index is 12.1. The Morgan fingerprint density at radius 3 is 2.69 bits per heavy atom. The summed E-state index contributed by atoms with van der Waals surface area (Å²) in [6.45, 7) is 1.69. The van der Waals surface area contributed by atoms with E-state index in [1.165, 1.54) is 0 Å². The quantitative estimate of drug-likeness (QED) is 0.600. The first-order chi connectivity index (χ1) is 12.7. The molecular weight excluding hydrogens is 350 g/mol. The van der Waals surface area contributed by atoms with Crippen LogP contribution in [0.3, 0.4) is 0 Å². The smallest absolute Gasteiger partial charge is 0.193 e. The molecule has 0 saturated heterocycles. The Morgan fingerprint density at radius 2 is 1.88 bits per heavy atom. The molecule has 0 saturated carbocycles. The summed E-state index contributed by atoms with van der Waals surface area (Å²) >= 11 is 0. The average molecular weight is 373 g/mol. The van der Waals surface area contributed by atoms with Crippen LogP contribution in [-0.2, 0) is 16.6 Å². The van der Waals surface area contributed by atoms with Crippen LogP contribution in [0.4, 0.5) is 5.69 Å². The summed E-state index contributed by atoms with van der Waals surface area (Å²) in [6, 6.07) is 15.3. The second-order valence-corrected chi connectivity index (χ2v) is 7.45. The lowest BCUT2D eigenvalue weighted by Gasteiger charge is -2.10. The highest BCUT2D eigenvalue weighted by Gasteiger charge is 2.10. The first-order valence-corrected chi connectivity index (χ1v) is 10.0. The predicted molar refractivity (Wildman–Crippen MR) is 105 cm³/mol. The van der Waals surface area contributed by atoms with Crippen molar-refractivity contribution in [2.24, 2.45) is 10.7 Å². The second kappa shape index (κ2) is 9.24. The number of hydrogen-bond donors (Lipinski definition) is 2. The van der Waals surface area contributed by atoms with E-state index >= 15 is 0 Å². The summed E-state index contributed by atoms with van der Waals surface area (Å²) in [6.07, 6.45) is 0.862. The van der Waals surface area contributed by atoms with Crippen molar-refractivity contribution in [3.8, 4) is 11.5 Å². The van der Waals surface area contributed by atoms with E-state index in [-0.39, 0.29) is 5.96 Å². The van der Waals surface area contributed by atoms with Crippen LogP contribution in [0.15, 0.2) is 53.5 Å². The number of nitrogens with two attached hydrogens (primary N) is 1. The van der Waals surface area contributed by atoms with E-state index in [2.05, 4.69) is 10.3 Å². The molecule has 0 aromatic heterocycles. The van der Waals surface area contributed by atoms with Gasteiger partial charge >= 0.3 is 0 Å². The lowest BCUT2D eigenvalue weighted by molar-refractivity contribution is 0.297. The third kappa shape index (κ3) is 5.49. The van der Waals surface area contributed by atoms with E-state index < -0.39 is 10.8 Å². The van der Waals surface area contributed by atoms with E-state index in [1.54, 1.807) is 0 Å².